The van der Waals surface area contributed by atoms with E-state index in [1.54, 1.807) is 12.1 Å². The van der Waals surface area contributed by atoms with Gasteiger partial charge in [-0.25, -0.2) is 9.18 Å². The van der Waals surface area contributed by atoms with Crippen molar-refractivity contribution in [3.05, 3.63) is 69.9 Å². The van der Waals surface area contributed by atoms with Gasteiger partial charge in [0.15, 0.2) is 23.0 Å². The Bertz CT molecular complexity index is 1400. The molecule has 0 aliphatic rings. The molecule has 37 heavy (non-hydrogen) atoms. The van der Waals surface area contributed by atoms with E-state index in [1.165, 1.54) is 10.6 Å². The summed E-state index contributed by atoms with van der Waals surface area (Å²) < 4.78 is 27.6. The van der Waals surface area contributed by atoms with Gasteiger partial charge in [-0.3, -0.25) is 4.57 Å². The minimum absolute atomic E-state index is 0.0823. The molecule has 0 saturated heterocycles. The number of hydrogen-bond donors (Lipinski definition) is 3. The zero-order chi connectivity index (χ0) is 26.4. The summed E-state index contributed by atoms with van der Waals surface area (Å²) in [5.74, 6) is 0.792. The number of benzene rings is 2. The van der Waals surface area contributed by atoms with Crippen LogP contribution < -0.4 is 26.2 Å². The van der Waals surface area contributed by atoms with E-state index >= 15 is 0 Å². The third-order valence-corrected chi connectivity index (χ3v) is 5.73. The summed E-state index contributed by atoms with van der Waals surface area (Å²) in [5, 5.41) is 3.39. The number of rotatable bonds is 12. The highest BCUT2D eigenvalue weighted by atomic mass is 19.1. The second-order valence-corrected chi connectivity index (χ2v) is 9.34. The highest BCUT2D eigenvalue weighted by Gasteiger charge is 2.16. The number of aromatic amines is 1. The highest BCUT2D eigenvalue weighted by Crippen LogP contribution is 2.26. The molecule has 0 unspecified atom stereocenters. The molecule has 196 valence electrons. The van der Waals surface area contributed by atoms with Gasteiger partial charge in [0, 0.05) is 6.54 Å². The number of nitrogens with two attached hydrogens (primary N) is 1. The maximum Gasteiger partial charge on any atom is 0.328 e. The molecule has 2 aromatic heterocycles. The quantitative estimate of drug-likeness (QED) is 0.239. The van der Waals surface area contributed by atoms with E-state index in [1.807, 2.05) is 31.2 Å². The molecule has 0 aliphatic heterocycles. The van der Waals surface area contributed by atoms with E-state index in [4.69, 9.17) is 15.2 Å². The maximum absolute atomic E-state index is 14.9. The molecule has 0 atom stereocenters. The molecule has 0 aliphatic carbocycles. The number of unbranched alkanes of at least 4 members (excludes halogenated alkanes) is 1. The first-order chi connectivity index (χ1) is 17.8. The van der Waals surface area contributed by atoms with Crippen molar-refractivity contribution in [2.45, 2.75) is 46.7 Å². The van der Waals surface area contributed by atoms with Gasteiger partial charge in [0.2, 0.25) is 0 Å². The van der Waals surface area contributed by atoms with Crippen molar-refractivity contribution >= 4 is 17.0 Å². The molecule has 4 aromatic rings. The standard InChI is InChI=1S/C27H33FN6O3/c1-4-5-12-36-26-32-24(29)23-25(33-26)34(27(35)31-23)16-19-8-11-22(21(28)13-19)37-20-9-6-18(7-10-20)15-30-14-17(2)3/h6-11,13,17,30H,4-5,12,14-16H2,1-3H3,(H,31,35)(H2,29,32,33). The summed E-state index contributed by atoms with van der Waals surface area (Å²) in [5.41, 5.74) is 7.88. The average Bonchev–Trinajstić information content (AvgIpc) is 3.17. The summed E-state index contributed by atoms with van der Waals surface area (Å²) in [7, 11) is 0. The molecule has 10 heteroatoms. The Morgan fingerprint density at radius 1 is 1.14 bits per heavy atom. The SMILES string of the molecule is CCCCOc1nc(N)c2[nH]c(=O)n(Cc3ccc(Oc4ccc(CNCC(C)C)cc4)c(F)c3)c2n1. The fraction of sp³-hybridized carbons (Fsp3) is 0.370. The maximum atomic E-state index is 14.9. The predicted molar refractivity (Wildman–Crippen MR) is 142 cm³/mol. The molecule has 2 heterocycles. The van der Waals surface area contributed by atoms with Crippen LogP contribution in [0.5, 0.6) is 17.5 Å². The van der Waals surface area contributed by atoms with E-state index in [0.717, 1.165) is 31.5 Å². The minimum Gasteiger partial charge on any atom is -0.463 e. The topological polar surface area (TPSA) is 120 Å². The molecule has 0 fully saturated rings. The number of nitrogen functional groups attached to an aromatic ring is 1. The molecule has 0 saturated carbocycles. The average molecular weight is 509 g/mol. The number of aromatic nitrogens is 4. The first-order valence-electron chi connectivity index (χ1n) is 12.5. The number of imidazole rings is 1. The van der Waals surface area contributed by atoms with E-state index in [-0.39, 0.29) is 24.1 Å². The predicted octanol–water partition coefficient (Wildman–Crippen LogP) is 4.61. The number of ether oxygens (including phenoxy) is 2. The zero-order valence-electron chi connectivity index (χ0n) is 21.4. The minimum atomic E-state index is -0.536. The molecule has 4 rings (SSSR count). The molecule has 0 spiro atoms. The molecule has 0 radical (unpaired) electrons. The summed E-state index contributed by atoms with van der Waals surface area (Å²) >= 11 is 0. The summed E-state index contributed by atoms with van der Waals surface area (Å²) in [6, 6.07) is 12.2. The Balaban J connectivity index is 1.47. The summed E-state index contributed by atoms with van der Waals surface area (Å²) in [6.45, 7) is 8.59. The first kappa shape index (κ1) is 26.2. The van der Waals surface area contributed by atoms with Gasteiger partial charge in [-0.15, -0.1) is 0 Å². The first-order valence-corrected chi connectivity index (χ1v) is 12.5. The van der Waals surface area contributed by atoms with Crippen molar-refractivity contribution < 1.29 is 13.9 Å². The van der Waals surface area contributed by atoms with Crippen LogP contribution >= 0.6 is 0 Å². The third-order valence-electron chi connectivity index (χ3n) is 5.73. The Hall–Kier alpha value is -3.92. The smallest absolute Gasteiger partial charge is 0.328 e. The van der Waals surface area contributed by atoms with Crippen LogP contribution in [0.4, 0.5) is 10.2 Å². The number of anilines is 1. The van der Waals surface area contributed by atoms with Gasteiger partial charge in [0.1, 0.15) is 11.3 Å². The fourth-order valence-corrected chi connectivity index (χ4v) is 3.77. The van der Waals surface area contributed by atoms with Gasteiger partial charge in [-0.2, -0.15) is 9.97 Å². The number of H-pyrrole nitrogens is 1. The Morgan fingerprint density at radius 2 is 1.89 bits per heavy atom. The summed E-state index contributed by atoms with van der Waals surface area (Å²) in [6.07, 6.45) is 1.80. The number of fused-ring (bicyclic) bond motifs is 1. The molecule has 0 bridgehead atoms. The largest absolute Gasteiger partial charge is 0.463 e. The van der Waals surface area contributed by atoms with Gasteiger partial charge in [-0.05, 0) is 54.3 Å². The number of hydrogen-bond acceptors (Lipinski definition) is 7. The second-order valence-electron chi connectivity index (χ2n) is 9.34. The lowest BCUT2D eigenvalue weighted by Crippen LogP contribution is -2.18. The van der Waals surface area contributed by atoms with Crippen molar-refractivity contribution in [3.8, 4) is 17.5 Å². The van der Waals surface area contributed by atoms with Crippen LogP contribution in [-0.2, 0) is 13.1 Å². The van der Waals surface area contributed by atoms with Gasteiger partial charge in [0.05, 0.1) is 13.2 Å². The van der Waals surface area contributed by atoms with Gasteiger partial charge >= 0.3 is 11.7 Å². The molecular formula is C27H33FN6O3. The number of halogens is 1. The van der Waals surface area contributed by atoms with Crippen LogP contribution in [0.1, 0.15) is 44.7 Å². The third kappa shape index (κ3) is 6.65. The van der Waals surface area contributed by atoms with Crippen LogP contribution in [-0.4, -0.2) is 32.7 Å². The van der Waals surface area contributed by atoms with Crippen LogP contribution in [0.3, 0.4) is 0 Å². The van der Waals surface area contributed by atoms with Gasteiger partial charge in [0.25, 0.3) is 0 Å². The van der Waals surface area contributed by atoms with Crippen LogP contribution in [0.25, 0.3) is 11.2 Å². The van der Waals surface area contributed by atoms with Crippen LogP contribution in [0, 0.1) is 11.7 Å². The van der Waals surface area contributed by atoms with E-state index in [9.17, 15) is 9.18 Å². The van der Waals surface area contributed by atoms with E-state index in [0.29, 0.717) is 35.0 Å². The van der Waals surface area contributed by atoms with Gasteiger partial charge < -0.3 is 25.5 Å². The van der Waals surface area contributed by atoms with Crippen LogP contribution in [0.2, 0.25) is 0 Å². The van der Waals surface area contributed by atoms with Crippen molar-refractivity contribution in [2.75, 3.05) is 18.9 Å². The normalized spacial score (nSPS) is 11.4. The van der Waals surface area contributed by atoms with Gasteiger partial charge in [-0.1, -0.05) is 45.4 Å². The molecule has 0 amide bonds. The highest BCUT2D eigenvalue weighted by molar-refractivity contribution is 5.81. The Morgan fingerprint density at radius 3 is 2.59 bits per heavy atom. The molecule has 2 aromatic carbocycles. The lowest BCUT2D eigenvalue weighted by Gasteiger charge is -2.11. The Labute approximate surface area is 214 Å². The lowest BCUT2D eigenvalue weighted by atomic mass is 10.2. The number of nitrogens with zero attached hydrogens (tertiary/aromatic N) is 3. The molecular weight excluding hydrogens is 475 g/mol. The van der Waals surface area contributed by atoms with Crippen LogP contribution in [0.15, 0.2) is 47.3 Å². The fourth-order valence-electron chi connectivity index (χ4n) is 3.77. The second kappa shape index (κ2) is 11.9. The van der Waals surface area contributed by atoms with Crippen molar-refractivity contribution in [2.24, 2.45) is 5.92 Å². The summed E-state index contributed by atoms with van der Waals surface area (Å²) in [4.78, 5) is 23.7. The zero-order valence-corrected chi connectivity index (χ0v) is 21.4. The van der Waals surface area contributed by atoms with Crippen molar-refractivity contribution in [1.82, 2.24) is 24.8 Å². The van der Waals surface area contributed by atoms with Crippen molar-refractivity contribution in [3.63, 3.8) is 0 Å². The number of nitrogens with one attached hydrogen (secondary N) is 2. The molecule has 9 nitrogen and oxygen atoms in total. The van der Waals surface area contributed by atoms with Crippen molar-refractivity contribution in [1.29, 1.82) is 0 Å². The van der Waals surface area contributed by atoms with E-state index in [2.05, 4.69) is 34.1 Å². The lowest BCUT2D eigenvalue weighted by molar-refractivity contribution is 0.286. The van der Waals surface area contributed by atoms with E-state index < -0.39 is 11.5 Å². The Kier molecular flexibility index (Phi) is 8.39. The monoisotopic (exact) mass is 508 g/mol. The molecule has 4 N–H and O–H groups in total.